The van der Waals surface area contributed by atoms with Crippen molar-refractivity contribution in [3.8, 4) is 0 Å². The zero-order valence-corrected chi connectivity index (χ0v) is 13.1. The molecule has 2 atom stereocenters. The lowest BCUT2D eigenvalue weighted by Gasteiger charge is -2.40. The van der Waals surface area contributed by atoms with E-state index < -0.39 is 0 Å². The van der Waals surface area contributed by atoms with E-state index in [1.165, 1.54) is 11.3 Å². The number of pyridine rings is 1. The SMILES string of the molecule is CCC1COC(C)CN1c1ccncc1CNC(C)C. The molecule has 1 saturated heterocycles. The Kier molecular flexibility index (Phi) is 5.38. The molecule has 0 radical (unpaired) electrons. The number of nitrogens with zero attached hydrogens (tertiary/aromatic N) is 2. The molecule has 0 saturated carbocycles. The van der Waals surface area contributed by atoms with Crippen LogP contribution in [0.15, 0.2) is 18.5 Å². The smallest absolute Gasteiger partial charge is 0.0723 e. The molecule has 0 spiro atoms. The zero-order valence-electron chi connectivity index (χ0n) is 13.1. The van der Waals surface area contributed by atoms with E-state index in [9.17, 15) is 0 Å². The van der Waals surface area contributed by atoms with E-state index in [-0.39, 0.29) is 6.10 Å². The van der Waals surface area contributed by atoms with Crippen LogP contribution < -0.4 is 10.2 Å². The van der Waals surface area contributed by atoms with Crippen molar-refractivity contribution in [2.75, 3.05) is 18.1 Å². The van der Waals surface area contributed by atoms with Crippen molar-refractivity contribution in [3.63, 3.8) is 0 Å². The van der Waals surface area contributed by atoms with Crippen LogP contribution in [-0.2, 0) is 11.3 Å². The molecule has 1 N–H and O–H groups in total. The monoisotopic (exact) mass is 277 g/mol. The van der Waals surface area contributed by atoms with Crippen molar-refractivity contribution in [3.05, 3.63) is 24.0 Å². The summed E-state index contributed by atoms with van der Waals surface area (Å²) >= 11 is 0. The predicted octanol–water partition coefficient (Wildman–Crippen LogP) is 2.58. The molecular weight excluding hydrogens is 250 g/mol. The maximum absolute atomic E-state index is 5.80. The molecule has 1 aliphatic heterocycles. The topological polar surface area (TPSA) is 37.4 Å². The third-order valence-electron chi connectivity index (χ3n) is 3.83. The minimum absolute atomic E-state index is 0.289. The zero-order chi connectivity index (χ0) is 14.5. The summed E-state index contributed by atoms with van der Waals surface area (Å²) in [6, 6.07) is 3.08. The predicted molar refractivity (Wildman–Crippen MR) is 83.1 cm³/mol. The quantitative estimate of drug-likeness (QED) is 0.897. The van der Waals surface area contributed by atoms with Gasteiger partial charge in [0.15, 0.2) is 0 Å². The number of nitrogens with one attached hydrogen (secondary N) is 1. The highest BCUT2D eigenvalue weighted by Crippen LogP contribution is 2.26. The third-order valence-corrected chi connectivity index (χ3v) is 3.83. The normalized spacial score (nSPS) is 23.4. The molecule has 20 heavy (non-hydrogen) atoms. The van der Waals surface area contributed by atoms with Gasteiger partial charge in [0.05, 0.1) is 18.8 Å². The van der Waals surface area contributed by atoms with Gasteiger partial charge >= 0.3 is 0 Å². The fraction of sp³-hybridized carbons (Fsp3) is 0.688. The minimum atomic E-state index is 0.289. The van der Waals surface area contributed by atoms with E-state index in [1.54, 1.807) is 0 Å². The second kappa shape index (κ2) is 7.04. The Bertz CT molecular complexity index is 422. The Balaban J connectivity index is 2.20. The summed E-state index contributed by atoms with van der Waals surface area (Å²) in [4.78, 5) is 6.78. The number of aromatic nitrogens is 1. The van der Waals surface area contributed by atoms with Crippen LogP contribution in [0.25, 0.3) is 0 Å². The first kappa shape index (κ1) is 15.3. The molecule has 2 rings (SSSR count). The van der Waals surface area contributed by atoms with E-state index in [4.69, 9.17) is 4.74 Å². The molecule has 4 nitrogen and oxygen atoms in total. The van der Waals surface area contributed by atoms with Crippen molar-refractivity contribution in [2.45, 2.75) is 58.8 Å². The van der Waals surface area contributed by atoms with Crippen molar-refractivity contribution >= 4 is 5.69 Å². The van der Waals surface area contributed by atoms with E-state index >= 15 is 0 Å². The lowest BCUT2D eigenvalue weighted by atomic mass is 10.1. The molecule has 1 aliphatic rings. The molecule has 2 heterocycles. The molecule has 0 bridgehead atoms. The van der Waals surface area contributed by atoms with Gasteiger partial charge in [-0.05, 0) is 19.4 Å². The number of morpholine rings is 1. The Morgan fingerprint density at radius 3 is 3.00 bits per heavy atom. The van der Waals surface area contributed by atoms with Crippen LogP contribution in [0, 0.1) is 0 Å². The second-order valence-corrected chi connectivity index (χ2v) is 5.90. The summed E-state index contributed by atoms with van der Waals surface area (Å²) in [7, 11) is 0. The summed E-state index contributed by atoms with van der Waals surface area (Å²) in [5, 5.41) is 3.49. The van der Waals surface area contributed by atoms with Gasteiger partial charge in [-0.2, -0.15) is 0 Å². The van der Waals surface area contributed by atoms with Gasteiger partial charge in [-0.25, -0.2) is 0 Å². The summed E-state index contributed by atoms with van der Waals surface area (Å²) < 4.78 is 5.80. The van der Waals surface area contributed by atoms with Crippen LogP contribution in [0.5, 0.6) is 0 Å². The van der Waals surface area contributed by atoms with Crippen LogP contribution in [0.4, 0.5) is 5.69 Å². The lowest BCUT2D eigenvalue weighted by Crippen LogP contribution is -2.49. The highest BCUT2D eigenvalue weighted by Gasteiger charge is 2.27. The maximum atomic E-state index is 5.80. The number of anilines is 1. The van der Waals surface area contributed by atoms with Crippen molar-refractivity contribution < 1.29 is 4.74 Å². The molecule has 2 unspecified atom stereocenters. The number of hydrogen-bond acceptors (Lipinski definition) is 4. The Labute approximate surface area is 122 Å². The van der Waals surface area contributed by atoms with Gasteiger partial charge in [0.2, 0.25) is 0 Å². The Morgan fingerprint density at radius 2 is 2.30 bits per heavy atom. The molecule has 0 amide bonds. The van der Waals surface area contributed by atoms with Crippen LogP contribution in [-0.4, -0.2) is 36.3 Å². The van der Waals surface area contributed by atoms with E-state index in [1.807, 2.05) is 12.4 Å². The van der Waals surface area contributed by atoms with Gasteiger partial charge < -0.3 is 15.0 Å². The van der Waals surface area contributed by atoms with Gasteiger partial charge in [-0.1, -0.05) is 20.8 Å². The fourth-order valence-electron chi connectivity index (χ4n) is 2.63. The molecule has 1 fully saturated rings. The van der Waals surface area contributed by atoms with Gasteiger partial charge in [-0.3, -0.25) is 4.98 Å². The highest BCUT2D eigenvalue weighted by molar-refractivity contribution is 5.53. The van der Waals surface area contributed by atoms with Crippen LogP contribution >= 0.6 is 0 Å². The molecule has 0 aliphatic carbocycles. The van der Waals surface area contributed by atoms with Crippen LogP contribution in [0.1, 0.15) is 39.7 Å². The van der Waals surface area contributed by atoms with Gasteiger partial charge in [0.25, 0.3) is 0 Å². The van der Waals surface area contributed by atoms with Crippen LogP contribution in [0.2, 0.25) is 0 Å². The average Bonchev–Trinajstić information content (AvgIpc) is 2.45. The first-order valence-corrected chi connectivity index (χ1v) is 7.66. The first-order valence-electron chi connectivity index (χ1n) is 7.66. The van der Waals surface area contributed by atoms with E-state index in [0.717, 1.165) is 26.1 Å². The maximum Gasteiger partial charge on any atom is 0.0723 e. The summed E-state index contributed by atoms with van der Waals surface area (Å²) in [6.07, 6.45) is 5.27. The standard InChI is InChI=1S/C16H27N3O/c1-5-15-11-20-13(4)10-19(15)16-6-7-17-8-14(16)9-18-12(2)3/h6-8,12-13,15,18H,5,9-11H2,1-4H3. The molecule has 1 aromatic heterocycles. The van der Waals surface area contributed by atoms with Gasteiger partial charge in [-0.15, -0.1) is 0 Å². The molecule has 0 aromatic carbocycles. The second-order valence-electron chi connectivity index (χ2n) is 5.90. The Hall–Kier alpha value is -1.13. The highest BCUT2D eigenvalue weighted by atomic mass is 16.5. The fourth-order valence-corrected chi connectivity index (χ4v) is 2.63. The molecular formula is C16H27N3O. The largest absolute Gasteiger partial charge is 0.375 e. The van der Waals surface area contributed by atoms with E-state index in [2.05, 4.69) is 49.0 Å². The minimum Gasteiger partial charge on any atom is -0.375 e. The molecule has 112 valence electrons. The third kappa shape index (κ3) is 3.70. The van der Waals surface area contributed by atoms with Crippen molar-refractivity contribution in [1.29, 1.82) is 0 Å². The van der Waals surface area contributed by atoms with Crippen molar-refractivity contribution in [1.82, 2.24) is 10.3 Å². The van der Waals surface area contributed by atoms with Crippen LogP contribution in [0.3, 0.4) is 0 Å². The van der Waals surface area contributed by atoms with Gasteiger partial charge in [0, 0.05) is 42.8 Å². The molecule has 4 heteroatoms. The summed E-state index contributed by atoms with van der Waals surface area (Å²) in [6.45, 7) is 11.3. The number of hydrogen-bond donors (Lipinski definition) is 1. The number of rotatable bonds is 5. The number of ether oxygens (including phenoxy) is 1. The van der Waals surface area contributed by atoms with Crippen molar-refractivity contribution in [2.24, 2.45) is 0 Å². The van der Waals surface area contributed by atoms with E-state index in [0.29, 0.717) is 12.1 Å². The Morgan fingerprint density at radius 1 is 1.50 bits per heavy atom. The lowest BCUT2D eigenvalue weighted by molar-refractivity contribution is 0.0299. The summed E-state index contributed by atoms with van der Waals surface area (Å²) in [5.41, 5.74) is 2.57. The molecule has 1 aromatic rings. The first-order chi connectivity index (χ1) is 9.61. The van der Waals surface area contributed by atoms with Gasteiger partial charge in [0.1, 0.15) is 0 Å². The summed E-state index contributed by atoms with van der Waals surface area (Å²) in [5.74, 6) is 0. The average molecular weight is 277 g/mol.